The summed E-state index contributed by atoms with van der Waals surface area (Å²) in [5.41, 5.74) is 0. The molecule has 6 nitrogen and oxygen atoms in total. The minimum absolute atomic E-state index is 0. The molecule has 2 aromatic carbocycles. The van der Waals surface area contributed by atoms with Gasteiger partial charge in [-0.2, -0.15) is 4.98 Å². The first kappa shape index (κ1) is 17.7. The number of piperazine rings is 1. The number of nitrogens with one attached hydrogen (secondary N) is 1. The van der Waals surface area contributed by atoms with Gasteiger partial charge in [0.15, 0.2) is 12.4 Å². The van der Waals surface area contributed by atoms with Gasteiger partial charge in [0.05, 0.1) is 6.04 Å². The van der Waals surface area contributed by atoms with E-state index in [0.29, 0.717) is 11.7 Å². The molecule has 0 spiro atoms. The van der Waals surface area contributed by atoms with Gasteiger partial charge in [0.25, 0.3) is 5.89 Å². The second-order valence-corrected chi connectivity index (χ2v) is 6.01. The number of aromatic nitrogens is 2. The molecule has 1 aromatic heterocycles. The van der Waals surface area contributed by atoms with Crippen LogP contribution >= 0.6 is 12.4 Å². The molecule has 1 atom stereocenters. The zero-order valence-corrected chi connectivity index (χ0v) is 14.8. The standard InChI is InChI=1S/C18H20N4O2.ClH/c1-22-10-9-19-11-15(22)18-20-17(24-21-18)12-23-16-8-4-6-13-5-2-3-7-14(13)16;/h2-8,15,19H,9-12H2,1H3;1H. The second-order valence-electron chi connectivity index (χ2n) is 6.01. The molecule has 2 heterocycles. The van der Waals surface area contributed by atoms with Gasteiger partial charge in [0, 0.05) is 25.0 Å². The van der Waals surface area contributed by atoms with Crippen LogP contribution in [0.15, 0.2) is 47.0 Å². The quantitative estimate of drug-likeness (QED) is 0.772. The van der Waals surface area contributed by atoms with Crippen molar-refractivity contribution >= 4 is 23.2 Å². The zero-order valence-electron chi connectivity index (χ0n) is 14.0. The van der Waals surface area contributed by atoms with E-state index in [-0.39, 0.29) is 25.1 Å². The number of rotatable bonds is 4. The fourth-order valence-electron chi connectivity index (χ4n) is 3.02. The maximum Gasteiger partial charge on any atom is 0.264 e. The summed E-state index contributed by atoms with van der Waals surface area (Å²) in [5.74, 6) is 2.03. The van der Waals surface area contributed by atoms with Crippen molar-refractivity contribution in [2.24, 2.45) is 0 Å². The van der Waals surface area contributed by atoms with Crippen LogP contribution in [-0.4, -0.2) is 41.7 Å². The Balaban J connectivity index is 0.00000182. The van der Waals surface area contributed by atoms with Crippen molar-refractivity contribution in [3.05, 3.63) is 54.2 Å². The van der Waals surface area contributed by atoms with Crippen LogP contribution in [-0.2, 0) is 6.61 Å². The Morgan fingerprint density at radius 2 is 2.08 bits per heavy atom. The zero-order chi connectivity index (χ0) is 16.4. The monoisotopic (exact) mass is 360 g/mol. The number of benzene rings is 2. The average molecular weight is 361 g/mol. The average Bonchev–Trinajstić information content (AvgIpc) is 3.09. The summed E-state index contributed by atoms with van der Waals surface area (Å²) in [6.07, 6.45) is 0. The molecule has 25 heavy (non-hydrogen) atoms. The van der Waals surface area contributed by atoms with Gasteiger partial charge in [-0.1, -0.05) is 41.6 Å². The summed E-state index contributed by atoms with van der Waals surface area (Å²) in [6.45, 7) is 3.06. The molecule has 0 amide bonds. The Hall–Kier alpha value is -2.15. The first-order valence-electron chi connectivity index (χ1n) is 8.15. The van der Waals surface area contributed by atoms with E-state index in [9.17, 15) is 0 Å². The summed E-state index contributed by atoms with van der Waals surface area (Å²) in [6, 6.07) is 14.3. The van der Waals surface area contributed by atoms with Gasteiger partial charge in [-0.15, -0.1) is 12.4 Å². The van der Waals surface area contributed by atoms with Gasteiger partial charge in [-0.25, -0.2) is 0 Å². The lowest BCUT2D eigenvalue weighted by Gasteiger charge is -2.30. The Morgan fingerprint density at radius 1 is 1.24 bits per heavy atom. The number of fused-ring (bicyclic) bond motifs is 1. The van der Waals surface area contributed by atoms with Crippen LogP contribution in [0.1, 0.15) is 17.8 Å². The number of nitrogens with zero attached hydrogens (tertiary/aromatic N) is 3. The lowest BCUT2D eigenvalue weighted by atomic mass is 10.1. The van der Waals surface area contributed by atoms with Crippen molar-refractivity contribution in [1.29, 1.82) is 0 Å². The van der Waals surface area contributed by atoms with E-state index in [0.717, 1.165) is 36.2 Å². The van der Waals surface area contributed by atoms with Gasteiger partial charge >= 0.3 is 0 Å². The first-order valence-corrected chi connectivity index (χ1v) is 8.15. The Bertz CT molecular complexity index is 833. The summed E-state index contributed by atoms with van der Waals surface area (Å²) < 4.78 is 11.3. The summed E-state index contributed by atoms with van der Waals surface area (Å²) in [4.78, 5) is 6.73. The molecule has 0 radical (unpaired) electrons. The smallest absolute Gasteiger partial charge is 0.264 e. The largest absolute Gasteiger partial charge is 0.483 e. The Labute approximate surface area is 152 Å². The van der Waals surface area contributed by atoms with Crippen LogP contribution in [0.5, 0.6) is 5.75 Å². The molecule has 0 bridgehead atoms. The molecule has 3 aromatic rings. The number of hydrogen-bond acceptors (Lipinski definition) is 6. The molecule has 0 saturated carbocycles. The van der Waals surface area contributed by atoms with Crippen LogP contribution in [0.3, 0.4) is 0 Å². The predicted octanol–water partition coefficient (Wildman–Crippen LogP) is 2.80. The topological polar surface area (TPSA) is 63.4 Å². The minimum atomic E-state index is 0. The lowest BCUT2D eigenvalue weighted by molar-refractivity contribution is 0.189. The fourth-order valence-corrected chi connectivity index (χ4v) is 3.02. The van der Waals surface area contributed by atoms with Gasteiger partial charge in [-0.05, 0) is 18.5 Å². The molecule has 1 unspecified atom stereocenters. The van der Waals surface area contributed by atoms with Crippen molar-refractivity contribution < 1.29 is 9.26 Å². The lowest BCUT2D eigenvalue weighted by Crippen LogP contribution is -2.44. The molecule has 1 N–H and O–H groups in total. The normalized spacial score (nSPS) is 18.0. The van der Waals surface area contributed by atoms with E-state index >= 15 is 0 Å². The van der Waals surface area contributed by atoms with E-state index in [1.165, 1.54) is 0 Å². The minimum Gasteiger partial charge on any atom is -0.483 e. The second kappa shape index (κ2) is 7.82. The van der Waals surface area contributed by atoms with Crippen molar-refractivity contribution in [3.8, 4) is 5.75 Å². The van der Waals surface area contributed by atoms with E-state index in [2.05, 4.69) is 39.5 Å². The number of likely N-dealkylation sites (N-methyl/N-ethyl adjacent to an activating group) is 1. The molecule has 7 heteroatoms. The third-order valence-electron chi connectivity index (χ3n) is 4.39. The molecular formula is C18H21ClN4O2. The molecule has 1 fully saturated rings. The van der Waals surface area contributed by atoms with E-state index in [4.69, 9.17) is 9.26 Å². The van der Waals surface area contributed by atoms with E-state index < -0.39 is 0 Å². The highest BCUT2D eigenvalue weighted by Crippen LogP contribution is 2.26. The van der Waals surface area contributed by atoms with Crippen molar-refractivity contribution in [2.45, 2.75) is 12.6 Å². The maximum atomic E-state index is 5.91. The third kappa shape index (κ3) is 3.76. The predicted molar refractivity (Wildman–Crippen MR) is 98.1 cm³/mol. The van der Waals surface area contributed by atoms with Crippen LogP contribution in [0.4, 0.5) is 0 Å². The van der Waals surface area contributed by atoms with Crippen molar-refractivity contribution in [1.82, 2.24) is 20.4 Å². The number of hydrogen-bond donors (Lipinski definition) is 1. The maximum absolute atomic E-state index is 5.91. The van der Waals surface area contributed by atoms with Crippen LogP contribution < -0.4 is 10.1 Å². The van der Waals surface area contributed by atoms with Crippen LogP contribution in [0.2, 0.25) is 0 Å². The SMILES string of the molecule is CN1CCNCC1c1noc(COc2cccc3ccccc23)n1.Cl. The Kier molecular flexibility index (Phi) is 5.53. The summed E-state index contributed by atoms with van der Waals surface area (Å²) in [5, 5.41) is 9.70. The molecular weight excluding hydrogens is 340 g/mol. The highest BCUT2D eigenvalue weighted by atomic mass is 35.5. The molecule has 0 aliphatic carbocycles. The van der Waals surface area contributed by atoms with Crippen molar-refractivity contribution in [2.75, 3.05) is 26.7 Å². The van der Waals surface area contributed by atoms with Gasteiger partial charge in [0.2, 0.25) is 0 Å². The molecule has 1 aliphatic rings. The molecule has 132 valence electrons. The fraction of sp³-hybridized carbons (Fsp3) is 0.333. The summed E-state index contributed by atoms with van der Waals surface area (Å²) in [7, 11) is 2.08. The molecule has 1 aliphatic heterocycles. The number of ether oxygens (including phenoxy) is 1. The van der Waals surface area contributed by atoms with Gasteiger partial charge in [0.1, 0.15) is 5.75 Å². The Morgan fingerprint density at radius 3 is 2.96 bits per heavy atom. The number of halogens is 1. The first-order chi connectivity index (χ1) is 11.8. The highest BCUT2D eigenvalue weighted by Gasteiger charge is 2.25. The van der Waals surface area contributed by atoms with Gasteiger partial charge < -0.3 is 14.6 Å². The van der Waals surface area contributed by atoms with E-state index in [1.807, 2.05) is 30.3 Å². The molecule has 1 saturated heterocycles. The van der Waals surface area contributed by atoms with Gasteiger partial charge in [-0.3, -0.25) is 4.90 Å². The summed E-state index contributed by atoms with van der Waals surface area (Å²) >= 11 is 0. The highest BCUT2D eigenvalue weighted by molar-refractivity contribution is 5.88. The molecule has 4 rings (SSSR count). The van der Waals surface area contributed by atoms with E-state index in [1.54, 1.807) is 0 Å². The van der Waals surface area contributed by atoms with Crippen LogP contribution in [0.25, 0.3) is 10.8 Å². The third-order valence-corrected chi connectivity index (χ3v) is 4.39. The van der Waals surface area contributed by atoms with Crippen LogP contribution in [0, 0.1) is 0 Å². The van der Waals surface area contributed by atoms with Crippen molar-refractivity contribution in [3.63, 3.8) is 0 Å².